The number of halogens is 3. The molecule has 2 heterocycles. The van der Waals surface area contributed by atoms with Crippen LogP contribution in [0.5, 0.6) is 5.88 Å². The third-order valence-electron chi connectivity index (χ3n) is 4.59. The Morgan fingerprint density at radius 1 is 1.03 bits per heavy atom. The molecule has 0 aliphatic heterocycles. The second-order valence-corrected chi connectivity index (χ2v) is 8.28. The van der Waals surface area contributed by atoms with Crippen molar-refractivity contribution in [2.75, 3.05) is 0 Å². The van der Waals surface area contributed by atoms with Crippen molar-refractivity contribution in [1.82, 2.24) is 24.5 Å². The molecule has 2 aromatic heterocycles. The highest BCUT2D eigenvalue weighted by Crippen LogP contribution is 2.35. The zero-order valence-electron chi connectivity index (χ0n) is 16.8. The smallest absolute Gasteiger partial charge is 0.358 e. The molecule has 0 aliphatic rings. The van der Waals surface area contributed by atoms with Crippen LogP contribution in [0.25, 0.3) is 5.69 Å². The molecule has 0 saturated heterocycles. The Hall–Kier alpha value is -4.00. The van der Waals surface area contributed by atoms with Crippen molar-refractivity contribution in [2.45, 2.75) is 11.1 Å². The highest BCUT2D eigenvalue weighted by molar-refractivity contribution is 7.87. The third-order valence-corrected chi connectivity index (χ3v) is 5.81. The highest BCUT2D eigenvalue weighted by atomic mass is 32.2. The first-order valence-corrected chi connectivity index (χ1v) is 10.6. The molecule has 2 aromatic carbocycles. The molecule has 0 bridgehead atoms. The summed E-state index contributed by atoms with van der Waals surface area (Å²) in [6.07, 6.45) is -1.58. The summed E-state index contributed by atoms with van der Waals surface area (Å²) < 4.78 is 73.7. The number of carbonyl (C=O) groups is 1. The van der Waals surface area contributed by atoms with Crippen molar-refractivity contribution >= 4 is 15.9 Å². The zero-order valence-corrected chi connectivity index (χ0v) is 17.6. The molecule has 0 radical (unpaired) electrons. The number of alkyl halides is 3. The third kappa shape index (κ3) is 4.35. The lowest BCUT2D eigenvalue weighted by atomic mass is 9.99. The van der Waals surface area contributed by atoms with Crippen LogP contribution in [-0.2, 0) is 23.3 Å². The predicted molar refractivity (Wildman–Crippen MR) is 107 cm³/mol. The minimum absolute atomic E-state index is 0.0330. The van der Waals surface area contributed by atoms with Gasteiger partial charge < -0.3 is 4.18 Å². The minimum atomic E-state index is -4.89. The number of benzene rings is 2. The van der Waals surface area contributed by atoms with Crippen LogP contribution >= 0.6 is 0 Å². The van der Waals surface area contributed by atoms with E-state index in [1.54, 1.807) is 6.07 Å². The summed E-state index contributed by atoms with van der Waals surface area (Å²) >= 11 is 0. The second kappa shape index (κ2) is 8.16. The van der Waals surface area contributed by atoms with Crippen LogP contribution in [0.4, 0.5) is 13.2 Å². The molecular formula is C20H14F3N5O4S. The summed E-state index contributed by atoms with van der Waals surface area (Å²) in [5.74, 6) is -1.63. The van der Waals surface area contributed by atoms with Crippen LogP contribution < -0.4 is 4.18 Å². The number of aromatic nitrogens is 5. The number of ketones is 1. The molecule has 33 heavy (non-hydrogen) atoms. The molecule has 0 saturated carbocycles. The number of hydrogen-bond donors (Lipinski definition) is 0. The molecule has 0 spiro atoms. The summed E-state index contributed by atoms with van der Waals surface area (Å²) in [6, 6.07) is 10.1. The first-order chi connectivity index (χ1) is 15.6. The van der Waals surface area contributed by atoms with Gasteiger partial charge in [-0.2, -0.15) is 31.8 Å². The van der Waals surface area contributed by atoms with Crippen LogP contribution in [0, 0.1) is 0 Å². The van der Waals surface area contributed by atoms with Gasteiger partial charge in [0.05, 0.1) is 17.4 Å². The maximum absolute atomic E-state index is 13.8. The summed E-state index contributed by atoms with van der Waals surface area (Å²) in [7, 11) is -3.08. The molecule has 4 aromatic rings. The molecule has 170 valence electrons. The van der Waals surface area contributed by atoms with E-state index < -0.39 is 44.6 Å². The van der Waals surface area contributed by atoms with Crippen LogP contribution in [0.15, 0.2) is 72.3 Å². The van der Waals surface area contributed by atoms with E-state index in [9.17, 15) is 26.4 Å². The van der Waals surface area contributed by atoms with Crippen molar-refractivity contribution < 1.29 is 30.6 Å². The lowest BCUT2D eigenvalue weighted by Gasteiger charge is -2.14. The van der Waals surface area contributed by atoms with E-state index in [0.29, 0.717) is 0 Å². The van der Waals surface area contributed by atoms with Gasteiger partial charge >= 0.3 is 16.3 Å². The standard InChI is InChI=1S/C20H14F3N5O4S/c1-27-19(32-33(30,31)14-5-3-2-4-6-14)16(10-25-27)18(29)15-8-7-13(28-12-24-11-26-28)9-17(15)20(21,22)23/h2-12H,1H3. The molecule has 0 atom stereocenters. The van der Waals surface area contributed by atoms with Gasteiger partial charge in [0.1, 0.15) is 23.1 Å². The molecule has 0 aliphatic carbocycles. The first kappa shape index (κ1) is 22.2. The first-order valence-electron chi connectivity index (χ1n) is 9.20. The normalized spacial score (nSPS) is 12.0. The molecule has 9 nitrogen and oxygen atoms in total. The van der Waals surface area contributed by atoms with Crippen molar-refractivity contribution in [3.05, 3.63) is 84.1 Å². The van der Waals surface area contributed by atoms with Gasteiger partial charge in [0.2, 0.25) is 11.7 Å². The van der Waals surface area contributed by atoms with Gasteiger partial charge in [0.15, 0.2) is 0 Å². The van der Waals surface area contributed by atoms with Gasteiger partial charge in [-0.05, 0) is 30.3 Å². The summed E-state index contributed by atoms with van der Waals surface area (Å²) in [4.78, 5) is 16.6. The largest absolute Gasteiger partial charge is 0.417 e. The van der Waals surface area contributed by atoms with Gasteiger partial charge in [-0.1, -0.05) is 18.2 Å². The quantitative estimate of drug-likeness (QED) is 0.310. The number of carbonyl (C=O) groups excluding carboxylic acids is 1. The fraction of sp³-hybridized carbons (Fsp3) is 0.100. The average Bonchev–Trinajstić information content (AvgIpc) is 3.44. The summed E-state index contributed by atoms with van der Waals surface area (Å²) in [5, 5.41) is 7.58. The van der Waals surface area contributed by atoms with E-state index in [1.807, 2.05) is 0 Å². The Morgan fingerprint density at radius 3 is 2.39 bits per heavy atom. The molecule has 13 heteroatoms. The second-order valence-electron chi connectivity index (χ2n) is 6.73. The van der Waals surface area contributed by atoms with Crippen LogP contribution in [-0.4, -0.2) is 38.7 Å². The zero-order chi connectivity index (χ0) is 23.8. The molecular weight excluding hydrogens is 463 g/mol. The van der Waals surface area contributed by atoms with E-state index in [2.05, 4.69) is 15.2 Å². The minimum Gasteiger partial charge on any atom is -0.358 e. The Morgan fingerprint density at radius 2 is 1.76 bits per heavy atom. The van der Waals surface area contributed by atoms with Crippen molar-refractivity contribution in [1.29, 1.82) is 0 Å². The van der Waals surface area contributed by atoms with Crippen LogP contribution in [0.2, 0.25) is 0 Å². The van der Waals surface area contributed by atoms with E-state index in [-0.39, 0.29) is 10.6 Å². The van der Waals surface area contributed by atoms with E-state index in [0.717, 1.165) is 34.0 Å². The van der Waals surface area contributed by atoms with Crippen molar-refractivity contribution in [3.8, 4) is 11.6 Å². The van der Waals surface area contributed by atoms with Crippen LogP contribution in [0.1, 0.15) is 21.5 Å². The predicted octanol–water partition coefficient (Wildman–Crippen LogP) is 3.02. The topological polar surface area (TPSA) is 109 Å². The van der Waals surface area contributed by atoms with Gasteiger partial charge in [-0.15, -0.1) is 0 Å². The number of rotatable bonds is 6. The maximum Gasteiger partial charge on any atom is 0.417 e. The molecule has 4 rings (SSSR count). The Balaban J connectivity index is 1.77. The van der Waals surface area contributed by atoms with Crippen LogP contribution in [0.3, 0.4) is 0 Å². The van der Waals surface area contributed by atoms with Gasteiger partial charge in [0, 0.05) is 12.6 Å². The fourth-order valence-corrected chi connectivity index (χ4v) is 4.01. The Labute approximate surface area is 185 Å². The van der Waals surface area contributed by atoms with Gasteiger partial charge in [0.25, 0.3) is 0 Å². The Bertz CT molecular complexity index is 1420. The van der Waals surface area contributed by atoms with Gasteiger partial charge in [-0.25, -0.2) is 14.3 Å². The SMILES string of the molecule is Cn1ncc(C(=O)c2ccc(-n3cncn3)cc2C(F)(F)F)c1OS(=O)(=O)c1ccccc1. The van der Waals surface area contributed by atoms with Crippen molar-refractivity contribution in [3.63, 3.8) is 0 Å². The molecule has 0 amide bonds. The molecule has 0 unspecified atom stereocenters. The average molecular weight is 477 g/mol. The molecule has 0 fully saturated rings. The van der Waals surface area contributed by atoms with E-state index >= 15 is 0 Å². The van der Waals surface area contributed by atoms with Crippen molar-refractivity contribution in [2.24, 2.45) is 7.05 Å². The summed E-state index contributed by atoms with van der Waals surface area (Å²) in [6.45, 7) is 0. The van der Waals surface area contributed by atoms with E-state index in [4.69, 9.17) is 4.18 Å². The highest BCUT2D eigenvalue weighted by Gasteiger charge is 2.37. The van der Waals surface area contributed by atoms with E-state index in [1.165, 1.54) is 43.7 Å². The Kier molecular flexibility index (Phi) is 5.49. The lowest BCUT2D eigenvalue weighted by molar-refractivity contribution is -0.137. The monoisotopic (exact) mass is 477 g/mol. The fourth-order valence-electron chi connectivity index (χ4n) is 3.01. The number of nitrogens with zero attached hydrogens (tertiary/aromatic N) is 5. The lowest BCUT2D eigenvalue weighted by Crippen LogP contribution is -2.17. The summed E-state index contributed by atoms with van der Waals surface area (Å²) in [5.41, 5.74) is -2.36. The maximum atomic E-state index is 13.8. The number of hydrogen-bond acceptors (Lipinski definition) is 7. The number of aryl methyl sites for hydroxylation is 1. The molecule has 0 N–H and O–H groups in total. The van der Waals surface area contributed by atoms with Gasteiger partial charge in [-0.3, -0.25) is 4.79 Å².